The number of aromatic amines is 1. The summed E-state index contributed by atoms with van der Waals surface area (Å²) in [6.45, 7) is 6.82. The molecule has 0 spiro atoms. The van der Waals surface area contributed by atoms with Crippen LogP contribution in [0.3, 0.4) is 0 Å². The zero-order valence-corrected chi connectivity index (χ0v) is 15.9. The number of ketones is 1. The van der Waals surface area contributed by atoms with Gasteiger partial charge in [0.25, 0.3) is 5.91 Å². The van der Waals surface area contributed by atoms with E-state index in [9.17, 15) is 9.59 Å². The summed E-state index contributed by atoms with van der Waals surface area (Å²) in [6, 6.07) is 6.08. The van der Waals surface area contributed by atoms with Crippen LogP contribution in [-0.2, 0) is 6.42 Å². The highest BCUT2D eigenvalue weighted by atomic mass is 16.5. The lowest BCUT2D eigenvalue weighted by Gasteiger charge is -2.17. The van der Waals surface area contributed by atoms with Gasteiger partial charge >= 0.3 is 0 Å². The van der Waals surface area contributed by atoms with Crippen molar-refractivity contribution in [1.29, 1.82) is 0 Å². The minimum absolute atomic E-state index is 0.103. The summed E-state index contributed by atoms with van der Waals surface area (Å²) in [5.74, 6) is 0.856. The van der Waals surface area contributed by atoms with Gasteiger partial charge in [-0.25, -0.2) is 0 Å². The van der Waals surface area contributed by atoms with Gasteiger partial charge in [-0.05, 0) is 62.4 Å². The Kier molecular flexibility index (Phi) is 5.16. The third-order valence-electron chi connectivity index (χ3n) is 4.89. The molecule has 1 aromatic carbocycles. The van der Waals surface area contributed by atoms with Crippen molar-refractivity contribution >= 4 is 11.7 Å². The number of rotatable bonds is 5. The topological polar surface area (TPSA) is 62.4 Å². The molecule has 0 radical (unpaired) electrons. The number of Topliss-reactive ketones (excluding diaryl/α,β-unsaturated/α-hetero) is 1. The largest absolute Gasteiger partial charge is 0.492 e. The molecule has 138 valence electrons. The van der Waals surface area contributed by atoms with Crippen molar-refractivity contribution < 1.29 is 14.3 Å². The number of H-pyrrole nitrogens is 1. The molecule has 0 aliphatic heterocycles. The highest BCUT2D eigenvalue weighted by Crippen LogP contribution is 2.27. The fraction of sp³-hybridized carbons (Fsp3) is 0.429. The van der Waals surface area contributed by atoms with E-state index in [4.69, 9.17) is 4.74 Å². The van der Waals surface area contributed by atoms with Crippen LogP contribution >= 0.6 is 0 Å². The number of hydrogen-bond donors (Lipinski definition) is 1. The molecule has 0 saturated heterocycles. The number of hydrogen-bond acceptors (Lipinski definition) is 3. The number of aryl methyl sites for hydroxylation is 3. The maximum atomic E-state index is 12.8. The Morgan fingerprint density at radius 2 is 1.85 bits per heavy atom. The van der Waals surface area contributed by atoms with Gasteiger partial charge < -0.3 is 14.6 Å². The first-order chi connectivity index (χ1) is 12.4. The monoisotopic (exact) mass is 354 g/mol. The molecular formula is C21H26N2O3. The number of benzene rings is 1. The Morgan fingerprint density at radius 3 is 2.50 bits per heavy atom. The normalized spacial score (nSPS) is 13.5. The first kappa shape index (κ1) is 18.2. The van der Waals surface area contributed by atoms with E-state index in [1.165, 1.54) is 0 Å². The van der Waals surface area contributed by atoms with E-state index in [1.54, 1.807) is 11.9 Å². The van der Waals surface area contributed by atoms with Crippen LogP contribution in [-0.4, -0.2) is 41.8 Å². The second kappa shape index (κ2) is 7.36. The summed E-state index contributed by atoms with van der Waals surface area (Å²) < 4.78 is 5.79. The molecule has 5 heteroatoms. The molecule has 0 unspecified atom stereocenters. The summed E-state index contributed by atoms with van der Waals surface area (Å²) >= 11 is 0. The van der Waals surface area contributed by atoms with Crippen LogP contribution in [0.4, 0.5) is 0 Å². The Labute approximate surface area is 154 Å². The number of carbonyl (C=O) groups is 2. The van der Waals surface area contributed by atoms with Gasteiger partial charge in [-0.2, -0.15) is 0 Å². The van der Waals surface area contributed by atoms with Gasteiger partial charge in [0.05, 0.1) is 6.54 Å². The number of carbonyl (C=O) groups excluding carboxylic acids is 2. The molecule has 0 bridgehead atoms. The first-order valence-electron chi connectivity index (χ1n) is 9.08. The van der Waals surface area contributed by atoms with Crippen LogP contribution < -0.4 is 4.74 Å². The van der Waals surface area contributed by atoms with Crippen LogP contribution in [0.1, 0.15) is 56.1 Å². The Morgan fingerprint density at radius 1 is 1.15 bits per heavy atom. The fourth-order valence-corrected chi connectivity index (χ4v) is 3.60. The second-order valence-electron chi connectivity index (χ2n) is 7.15. The van der Waals surface area contributed by atoms with Gasteiger partial charge in [0.15, 0.2) is 5.78 Å². The van der Waals surface area contributed by atoms with E-state index in [-0.39, 0.29) is 11.7 Å². The van der Waals surface area contributed by atoms with Crippen LogP contribution in [0.15, 0.2) is 18.2 Å². The number of likely N-dealkylation sites (N-methyl/N-ethyl adjacent to an activating group) is 1. The molecular weight excluding hydrogens is 328 g/mol. The molecule has 5 nitrogen and oxygen atoms in total. The maximum Gasteiger partial charge on any atom is 0.270 e. The van der Waals surface area contributed by atoms with Gasteiger partial charge in [0, 0.05) is 24.7 Å². The molecule has 3 rings (SSSR count). The van der Waals surface area contributed by atoms with Crippen molar-refractivity contribution in [3.05, 3.63) is 51.8 Å². The van der Waals surface area contributed by atoms with E-state index in [0.29, 0.717) is 25.3 Å². The van der Waals surface area contributed by atoms with Crippen LogP contribution in [0.2, 0.25) is 0 Å². The van der Waals surface area contributed by atoms with Gasteiger partial charge in [0.1, 0.15) is 18.1 Å². The molecule has 1 aliphatic rings. The summed E-state index contributed by atoms with van der Waals surface area (Å²) in [5, 5.41) is 0. The molecule has 1 amide bonds. The third kappa shape index (κ3) is 3.66. The summed E-state index contributed by atoms with van der Waals surface area (Å²) in [4.78, 5) is 29.7. The molecule has 2 aromatic rings. The van der Waals surface area contributed by atoms with Crippen molar-refractivity contribution in [2.75, 3.05) is 20.2 Å². The SMILES string of the molecule is Cc1cc(C)cc(OCCN(C)C(=O)c2[nH]c3c(c2C)C(=O)CCC3)c1. The van der Waals surface area contributed by atoms with E-state index in [1.807, 2.05) is 32.9 Å². The lowest BCUT2D eigenvalue weighted by molar-refractivity contribution is 0.0767. The van der Waals surface area contributed by atoms with E-state index in [0.717, 1.165) is 46.5 Å². The highest BCUT2D eigenvalue weighted by Gasteiger charge is 2.27. The summed E-state index contributed by atoms with van der Waals surface area (Å²) in [7, 11) is 1.76. The van der Waals surface area contributed by atoms with Crippen molar-refractivity contribution in [2.45, 2.75) is 40.0 Å². The minimum atomic E-state index is -0.103. The Hall–Kier alpha value is -2.56. The smallest absolute Gasteiger partial charge is 0.270 e. The number of amides is 1. The van der Waals surface area contributed by atoms with Crippen LogP contribution in [0.25, 0.3) is 0 Å². The van der Waals surface area contributed by atoms with Crippen LogP contribution in [0, 0.1) is 20.8 Å². The Balaban J connectivity index is 1.64. The number of ether oxygens (including phenoxy) is 1. The lowest BCUT2D eigenvalue weighted by Crippen LogP contribution is -2.31. The van der Waals surface area contributed by atoms with Gasteiger partial charge in [0.2, 0.25) is 0 Å². The molecule has 1 heterocycles. The standard InChI is InChI=1S/C21H26N2O3/c1-13-10-14(2)12-16(11-13)26-9-8-23(4)21(25)20-15(3)19-17(22-20)6-5-7-18(19)24/h10-12,22H,5-9H2,1-4H3. The zero-order chi connectivity index (χ0) is 18.8. The third-order valence-corrected chi connectivity index (χ3v) is 4.89. The van der Waals surface area contributed by atoms with E-state index < -0.39 is 0 Å². The van der Waals surface area contributed by atoms with Gasteiger partial charge in [-0.15, -0.1) is 0 Å². The number of nitrogens with one attached hydrogen (secondary N) is 1. The van der Waals surface area contributed by atoms with Gasteiger partial charge in [-0.3, -0.25) is 9.59 Å². The van der Waals surface area contributed by atoms with Crippen LogP contribution in [0.5, 0.6) is 5.75 Å². The van der Waals surface area contributed by atoms with Crippen molar-refractivity contribution in [1.82, 2.24) is 9.88 Å². The molecule has 26 heavy (non-hydrogen) atoms. The molecule has 0 saturated carbocycles. The molecule has 0 atom stereocenters. The Bertz CT molecular complexity index is 831. The molecule has 0 fully saturated rings. The van der Waals surface area contributed by atoms with Crippen molar-refractivity contribution in [2.24, 2.45) is 0 Å². The maximum absolute atomic E-state index is 12.8. The van der Waals surface area contributed by atoms with Crippen molar-refractivity contribution in [3.8, 4) is 5.75 Å². The summed E-state index contributed by atoms with van der Waals surface area (Å²) in [5.41, 5.74) is 5.24. The quantitative estimate of drug-likeness (QED) is 0.892. The molecule has 1 aliphatic carbocycles. The number of aromatic nitrogens is 1. The fourth-order valence-electron chi connectivity index (χ4n) is 3.60. The van der Waals surface area contributed by atoms with Crippen molar-refractivity contribution in [3.63, 3.8) is 0 Å². The lowest BCUT2D eigenvalue weighted by atomic mass is 9.94. The molecule has 1 aromatic heterocycles. The average Bonchev–Trinajstić information content (AvgIpc) is 2.91. The predicted octanol–water partition coefficient (Wildman–Crippen LogP) is 3.61. The van der Waals surface area contributed by atoms with E-state index >= 15 is 0 Å². The van der Waals surface area contributed by atoms with Gasteiger partial charge in [-0.1, -0.05) is 6.07 Å². The average molecular weight is 354 g/mol. The number of nitrogens with zero attached hydrogens (tertiary/aromatic N) is 1. The first-order valence-corrected chi connectivity index (χ1v) is 9.08. The molecule has 1 N–H and O–H groups in total. The minimum Gasteiger partial charge on any atom is -0.492 e. The summed E-state index contributed by atoms with van der Waals surface area (Å²) in [6.07, 6.45) is 2.24. The van der Waals surface area contributed by atoms with E-state index in [2.05, 4.69) is 11.1 Å². The predicted molar refractivity (Wildman–Crippen MR) is 101 cm³/mol. The zero-order valence-electron chi connectivity index (χ0n) is 15.9. The second-order valence-corrected chi connectivity index (χ2v) is 7.15. The number of fused-ring (bicyclic) bond motifs is 1. The highest BCUT2D eigenvalue weighted by molar-refractivity contribution is 6.04.